The third kappa shape index (κ3) is 11.0. The predicted molar refractivity (Wildman–Crippen MR) is 401 cm³/mol. The van der Waals surface area contributed by atoms with Gasteiger partial charge in [-0.05, 0) is 230 Å². The first-order valence-electron chi connectivity index (χ1n) is 33.5. The molecule has 3 unspecified atom stereocenters. The molecule has 6 nitrogen and oxygen atoms in total. The Morgan fingerprint density at radius 2 is 0.724 bits per heavy atom. The van der Waals surface area contributed by atoms with Crippen molar-refractivity contribution in [1.82, 2.24) is 0 Å². The molecule has 0 N–H and O–H groups in total. The normalized spacial score (nSPS) is 16.1. The molecule has 13 aromatic rings. The van der Waals surface area contributed by atoms with Gasteiger partial charge in [0, 0.05) is 34.1 Å². The number of para-hydroxylation sites is 4. The lowest BCUT2D eigenvalue weighted by Gasteiger charge is -2.40. The third-order valence-electron chi connectivity index (χ3n) is 19.4. The summed E-state index contributed by atoms with van der Waals surface area (Å²) >= 11 is 0. The molecule has 0 bridgehead atoms. The zero-order chi connectivity index (χ0) is 65.8. The molecule has 0 heterocycles. The van der Waals surface area contributed by atoms with Crippen molar-refractivity contribution in [3.8, 4) is 62.1 Å². The van der Waals surface area contributed by atoms with Gasteiger partial charge in [-0.1, -0.05) is 226 Å². The fourth-order valence-corrected chi connectivity index (χ4v) is 15.2. The Kier molecular flexibility index (Phi) is 16.3. The summed E-state index contributed by atoms with van der Waals surface area (Å²) in [5, 5.41) is 0. The van der Waals surface area contributed by atoms with E-state index < -0.39 is 10.8 Å². The summed E-state index contributed by atoms with van der Waals surface area (Å²) in [5.74, 6) is 4.84. The SMILES string of the molecule is C=CCOc1ccc(C2(c3ccc(Oc4ccccc4)cc3)c3ccccc3-c3ccc(N(c4ccccc4)c4ccc(-c5ccc(N(c6ccccc6)c6ccc7c(c6)C(c6ccc(OCC=C)cc6)(C6C=CC(Oc8ccccc8)=CC6)c6ccccc6-7)cc5)cc4)cc32)cc1. The van der Waals surface area contributed by atoms with E-state index in [0.717, 1.165) is 97.3 Å². The van der Waals surface area contributed by atoms with E-state index >= 15 is 0 Å². The number of ether oxygens (including phenoxy) is 4. The Morgan fingerprint density at radius 3 is 1.22 bits per heavy atom. The van der Waals surface area contributed by atoms with Crippen LogP contribution in [0.5, 0.6) is 28.7 Å². The molecule has 16 rings (SSSR count). The van der Waals surface area contributed by atoms with Crippen LogP contribution in [0.15, 0.2) is 377 Å². The Morgan fingerprint density at radius 1 is 0.337 bits per heavy atom. The van der Waals surface area contributed by atoms with E-state index in [0.29, 0.717) is 13.2 Å². The lowest BCUT2D eigenvalue weighted by Crippen LogP contribution is -2.36. The summed E-state index contributed by atoms with van der Waals surface area (Å²) in [7, 11) is 0. The highest BCUT2D eigenvalue weighted by Gasteiger charge is 2.50. The molecule has 0 saturated carbocycles. The van der Waals surface area contributed by atoms with E-state index in [2.05, 4.69) is 308 Å². The zero-order valence-corrected chi connectivity index (χ0v) is 54.2. The van der Waals surface area contributed by atoms with Crippen molar-refractivity contribution in [1.29, 1.82) is 0 Å². The quantitative estimate of drug-likeness (QED) is 0.0668. The van der Waals surface area contributed by atoms with Crippen molar-refractivity contribution in [2.24, 2.45) is 5.92 Å². The Balaban J connectivity index is 0.758. The van der Waals surface area contributed by atoms with Crippen molar-refractivity contribution < 1.29 is 18.9 Å². The molecule has 0 radical (unpaired) electrons. The Labute approximate surface area is 573 Å². The fraction of sp³-hybridized carbons (Fsp3) is 0.0652. The van der Waals surface area contributed by atoms with Crippen LogP contribution in [0.1, 0.15) is 45.4 Å². The van der Waals surface area contributed by atoms with Gasteiger partial charge in [0.1, 0.15) is 47.7 Å². The number of hydrogen-bond donors (Lipinski definition) is 0. The first kappa shape index (κ1) is 60.6. The monoisotopic (exact) mass is 1270 g/mol. The summed E-state index contributed by atoms with van der Waals surface area (Å²) in [6.45, 7) is 8.65. The number of anilines is 6. The average molecular weight is 1270 g/mol. The minimum Gasteiger partial charge on any atom is -0.490 e. The number of benzene rings is 13. The van der Waals surface area contributed by atoms with Gasteiger partial charge >= 0.3 is 0 Å². The molecule has 472 valence electrons. The van der Waals surface area contributed by atoms with Crippen LogP contribution >= 0.6 is 0 Å². The van der Waals surface area contributed by atoms with Crippen LogP contribution in [0.4, 0.5) is 34.1 Å². The van der Waals surface area contributed by atoms with Gasteiger partial charge < -0.3 is 28.7 Å². The molecule has 0 aromatic heterocycles. The van der Waals surface area contributed by atoms with Gasteiger partial charge in [0.25, 0.3) is 0 Å². The maximum absolute atomic E-state index is 6.44. The average Bonchev–Trinajstić information content (AvgIpc) is 1.53. The van der Waals surface area contributed by atoms with Gasteiger partial charge in [0.05, 0.1) is 10.8 Å². The van der Waals surface area contributed by atoms with Crippen molar-refractivity contribution in [3.05, 3.63) is 416 Å². The summed E-state index contributed by atoms with van der Waals surface area (Å²) in [6.07, 6.45) is 11.1. The van der Waals surface area contributed by atoms with Crippen LogP contribution in [0, 0.1) is 5.92 Å². The number of fused-ring (bicyclic) bond motifs is 6. The maximum Gasteiger partial charge on any atom is 0.127 e. The number of rotatable bonds is 21. The smallest absolute Gasteiger partial charge is 0.127 e. The molecule has 3 atom stereocenters. The van der Waals surface area contributed by atoms with Gasteiger partial charge in [-0.2, -0.15) is 0 Å². The summed E-state index contributed by atoms with van der Waals surface area (Å²) < 4.78 is 25.0. The first-order chi connectivity index (χ1) is 48.5. The standard InChI is InChI=1S/C92H70N2O4/c1-3-61-95-77-51-37-67(38-52-77)91(69-41-55-81(56-42-69)97-79-25-13-7-14-26-79)87-31-19-17-29-83(87)85-59-49-75(63-89(85)91)93(71-21-9-5-10-22-71)73-45-33-65(34-46-73)66-35-47-74(48-36-66)94(72-23-11-6-12-24-72)76-50-60-86-84-30-18-20-32-88(84)92(90(86)64-76,68-39-53-78(54-40-68)96-62-4-2)70-43-57-82(58-44-70)98-80-27-15-8-16-28-80/h3-43,45-60,63-64,70H,1-2,44,61-62H2. The van der Waals surface area contributed by atoms with Crippen LogP contribution in [0.2, 0.25) is 0 Å². The molecule has 13 aromatic carbocycles. The molecule has 98 heavy (non-hydrogen) atoms. The summed E-state index contributed by atoms with van der Waals surface area (Å²) in [5.41, 5.74) is 20.4. The third-order valence-corrected chi connectivity index (χ3v) is 19.4. The fourth-order valence-electron chi connectivity index (χ4n) is 15.2. The topological polar surface area (TPSA) is 43.4 Å². The van der Waals surface area contributed by atoms with Crippen LogP contribution in [-0.4, -0.2) is 13.2 Å². The van der Waals surface area contributed by atoms with Crippen LogP contribution in [0.25, 0.3) is 33.4 Å². The van der Waals surface area contributed by atoms with Gasteiger partial charge in [0.15, 0.2) is 0 Å². The van der Waals surface area contributed by atoms with E-state index in [1.165, 1.54) is 50.1 Å². The van der Waals surface area contributed by atoms with Gasteiger partial charge in [0.2, 0.25) is 0 Å². The molecule has 3 aliphatic rings. The van der Waals surface area contributed by atoms with Gasteiger partial charge in [-0.15, -0.1) is 0 Å². The second-order valence-corrected chi connectivity index (χ2v) is 25.0. The highest BCUT2D eigenvalue weighted by atomic mass is 16.5. The molecule has 0 fully saturated rings. The van der Waals surface area contributed by atoms with Crippen LogP contribution in [0.3, 0.4) is 0 Å². The molecular formula is C92H70N2O4. The molecule has 6 heteroatoms. The lowest BCUT2D eigenvalue weighted by molar-refractivity contribution is 0.362. The highest BCUT2D eigenvalue weighted by Crippen LogP contribution is 2.61. The van der Waals surface area contributed by atoms with Crippen LogP contribution < -0.4 is 28.7 Å². The van der Waals surface area contributed by atoms with Crippen molar-refractivity contribution >= 4 is 34.1 Å². The zero-order valence-electron chi connectivity index (χ0n) is 54.2. The maximum atomic E-state index is 6.44. The number of hydrogen-bond acceptors (Lipinski definition) is 6. The second-order valence-electron chi connectivity index (χ2n) is 25.0. The molecule has 0 saturated heterocycles. The summed E-state index contributed by atoms with van der Waals surface area (Å²) in [6, 6.07) is 117. The van der Waals surface area contributed by atoms with Gasteiger partial charge in [-0.25, -0.2) is 0 Å². The molecular weight excluding hydrogens is 1200 g/mol. The van der Waals surface area contributed by atoms with Crippen LogP contribution in [-0.2, 0) is 10.8 Å². The second kappa shape index (κ2) is 26.4. The molecule has 0 aliphatic heterocycles. The van der Waals surface area contributed by atoms with E-state index in [4.69, 9.17) is 18.9 Å². The first-order valence-corrected chi connectivity index (χ1v) is 33.5. The largest absolute Gasteiger partial charge is 0.490 e. The lowest BCUT2D eigenvalue weighted by atomic mass is 9.62. The predicted octanol–water partition coefficient (Wildman–Crippen LogP) is 23.4. The van der Waals surface area contributed by atoms with E-state index in [1.807, 2.05) is 60.7 Å². The van der Waals surface area contributed by atoms with Crippen molar-refractivity contribution in [2.45, 2.75) is 17.3 Å². The molecule has 0 spiro atoms. The minimum absolute atomic E-state index is 0.0395. The number of nitrogens with zero attached hydrogens (tertiary/aromatic N) is 2. The highest BCUT2D eigenvalue weighted by molar-refractivity contribution is 5.91. The molecule has 0 amide bonds. The Bertz CT molecular complexity index is 5070. The minimum atomic E-state index is -0.710. The Hall–Kier alpha value is -12.4. The molecule has 3 aliphatic carbocycles. The van der Waals surface area contributed by atoms with Crippen molar-refractivity contribution in [3.63, 3.8) is 0 Å². The summed E-state index contributed by atoms with van der Waals surface area (Å²) in [4.78, 5) is 4.76. The van der Waals surface area contributed by atoms with E-state index in [1.54, 1.807) is 12.2 Å². The van der Waals surface area contributed by atoms with Gasteiger partial charge in [-0.3, -0.25) is 0 Å². The van der Waals surface area contributed by atoms with E-state index in [9.17, 15) is 0 Å². The number of allylic oxidation sites excluding steroid dienone is 3. The van der Waals surface area contributed by atoms with Crippen molar-refractivity contribution in [2.75, 3.05) is 23.0 Å². The van der Waals surface area contributed by atoms with E-state index in [-0.39, 0.29) is 5.92 Å².